The van der Waals surface area contributed by atoms with E-state index in [1.165, 1.54) is 12.1 Å². The second-order valence-corrected chi connectivity index (χ2v) is 5.88. The van der Waals surface area contributed by atoms with E-state index in [0.717, 1.165) is 5.69 Å². The number of aryl methyl sites for hydroxylation is 1. The Labute approximate surface area is 118 Å². The van der Waals surface area contributed by atoms with Crippen LogP contribution in [0.4, 0.5) is 5.69 Å². The Kier molecular flexibility index (Phi) is 4.24. The van der Waals surface area contributed by atoms with Gasteiger partial charge in [0.25, 0.3) is 10.0 Å². The Bertz CT molecular complexity index is 682. The first-order valence-electron chi connectivity index (χ1n) is 6.19. The molecular formula is C14H16N2O3S. The lowest BCUT2D eigenvalue weighted by Gasteiger charge is -2.09. The average molecular weight is 292 g/mol. The van der Waals surface area contributed by atoms with Crippen LogP contribution in [0.15, 0.2) is 47.5 Å². The lowest BCUT2D eigenvalue weighted by molar-refractivity contribution is 0.340. The number of hydrogen-bond acceptors (Lipinski definition) is 4. The van der Waals surface area contributed by atoms with E-state index in [4.69, 9.17) is 4.74 Å². The molecule has 1 N–H and O–H groups in total. The van der Waals surface area contributed by atoms with Crippen LogP contribution in [0.3, 0.4) is 0 Å². The summed E-state index contributed by atoms with van der Waals surface area (Å²) in [6.07, 6.45) is 1.56. The highest BCUT2D eigenvalue weighted by atomic mass is 32.2. The van der Waals surface area contributed by atoms with Gasteiger partial charge in [-0.25, -0.2) is 8.42 Å². The molecular weight excluding hydrogens is 276 g/mol. The minimum Gasteiger partial charge on any atom is -0.494 e. The van der Waals surface area contributed by atoms with Crippen LogP contribution in [-0.2, 0) is 10.0 Å². The molecule has 0 unspecified atom stereocenters. The molecule has 2 aromatic rings. The van der Waals surface area contributed by atoms with Crippen LogP contribution >= 0.6 is 0 Å². The monoisotopic (exact) mass is 292 g/mol. The predicted octanol–water partition coefficient (Wildman–Crippen LogP) is 2.59. The Hall–Kier alpha value is -2.08. The molecule has 0 fully saturated rings. The molecule has 1 heterocycles. The summed E-state index contributed by atoms with van der Waals surface area (Å²) in [4.78, 5) is 4.21. The van der Waals surface area contributed by atoms with E-state index in [0.29, 0.717) is 18.0 Å². The summed E-state index contributed by atoms with van der Waals surface area (Å²) in [6, 6.07) is 9.58. The van der Waals surface area contributed by atoms with E-state index >= 15 is 0 Å². The van der Waals surface area contributed by atoms with Crippen molar-refractivity contribution in [3.63, 3.8) is 0 Å². The molecule has 2 rings (SSSR count). The molecule has 6 heteroatoms. The highest BCUT2D eigenvalue weighted by Crippen LogP contribution is 2.19. The summed E-state index contributed by atoms with van der Waals surface area (Å²) in [6.45, 7) is 4.22. The highest BCUT2D eigenvalue weighted by Gasteiger charge is 2.14. The average Bonchev–Trinajstić information content (AvgIpc) is 2.39. The van der Waals surface area contributed by atoms with Gasteiger partial charge >= 0.3 is 0 Å². The van der Waals surface area contributed by atoms with Crippen molar-refractivity contribution < 1.29 is 13.2 Å². The number of benzene rings is 1. The molecule has 0 saturated carbocycles. The van der Waals surface area contributed by atoms with Gasteiger partial charge in [-0.1, -0.05) is 0 Å². The molecule has 0 radical (unpaired) electrons. The van der Waals surface area contributed by atoms with Crippen LogP contribution in [0.1, 0.15) is 12.6 Å². The number of rotatable bonds is 5. The van der Waals surface area contributed by atoms with Crippen LogP contribution in [0, 0.1) is 6.92 Å². The molecule has 0 atom stereocenters. The summed E-state index contributed by atoms with van der Waals surface area (Å²) in [7, 11) is -3.60. The smallest absolute Gasteiger partial charge is 0.261 e. The molecule has 0 spiro atoms. The molecule has 0 aliphatic rings. The van der Waals surface area contributed by atoms with Crippen LogP contribution in [0.5, 0.6) is 5.75 Å². The fourth-order valence-electron chi connectivity index (χ4n) is 1.70. The first-order chi connectivity index (χ1) is 9.51. The van der Waals surface area contributed by atoms with Crippen molar-refractivity contribution in [3.05, 3.63) is 48.3 Å². The van der Waals surface area contributed by atoms with Gasteiger partial charge in [0.05, 0.1) is 17.2 Å². The van der Waals surface area contributed by atoms with E-state index in [-0.39, 0.29) is 4.90 Å². The van der Waals surface area contributed by atoms with Crippen molar-refractivity contribution in [2.24, 2.45) is 0 Å². The zero-order valence-corrected chi connectivity index (χ0v) is 12.1. The van der Waals surface area contributed by atoms with E-state index in [1.54, 1.807) is 37.4 Å². The van der Waals surface area contributed by atoms with Crippen molar-refractivity contribution in [1.82, 2.24) is 4.98 Å². The normalized spacial score (nSPS) is 11.1. The second-order valence-electron chi connectivity index (χ2n) is 4.20. The molecule has 5 nitrogen and oxygen atoms in total. The first kappa shape index (κ1) is 14.3. The van der Waals surface area contributed by atoms with Gasteiger partial charge in [-0.15, -0.1) is 0 Å². The number of nitrogens with one attached hydrogen (secondary N) is 1. The van der Waals surface area contributed by atoms with Gasteiger partial charge in [-0.05, 0) is 50.2 Å². The quantitative estimate of drug-likeness (QED) is 0.919. The third kappa shape index (κ3) is 3.48. The lowest BCUT2D eigenvalue weighted by Crippen LogP contribution is -2.13. The summed E-state index contributed by atoms with van der Waals surface area (Å²) in [5.74, 6) is 0.645. The number of anilines is 1. The number of hydrogen-bond donors (Lipinski definition) is 1. The number of ether oxygens (including phenoxy) is 1. The van der Waals surface area contributed by atoms with Crippen LogP contribution < -0.4 is 9.46 Å². The van der Waals surface area contributed by atoms with Gasteiger partial charge in [-0.3, -0.25) is 9.71 Å². The minimum atomic E-state index is -3.60. The van der Waals surface area contributed by atoms with Gasteiger partial charge in [0, 0.05) is 11.9 Å². The fourth-order valence-corrected chi connectivity index (χ4v) is 2.75. The number of sulfonamides is 1. The zero-order chi connectivity index (χ0) is 14.6. The van der Waals surface area contributed by atoms with E-state index in [1.807, 2.05) is 6.92 Å². The molecule has 20 heavy (non-hydrogen) atoms. The Morgan fingerprint density at radius 1 is 1.20 bits per heavy atom. The molecule has 0 bridgehead atoms. The predicted molar refractivity (Wildman–Crippen MR) is 77.4 cm³/mol. The van der Waals surface area contributed by atoms with E-state index in [9.17, 15) is 8.42 Å². The Morgan fingerprint density at radius 3 is 2.50 bits per heavy atom. The van der Waals surface area contributed by atoms with Crippen molar-refractivity contribution in [3.8, 4) is 5.75 Å². The lowest BCUT2D eigenvalue weighted by atomic mass is 10.3. The maximum absolute atomic E-state index is 12.2. The fraction of sp³-hybridized carbons (Fsp3) is 0.214. The summed E-state index contributed by atoms with van der Waals surface area (Å²) < 4.78 is 32.2. The summed E-state index contributed by atoms with van der Waals surface area (Å²) in [5.41, 5.74) is 1.24. The van der Waals surface area contributed by atoms with Crippen molar-refractivity contribution in [2.45, 2.75) is 18.7 Å². The third-order valence-corrected chi connectivity index (χ3v) is 3.99. The largest absolute Gasteiger partial charge is 0.494 e. The molecule has 1 aromatic heterocycles. The van der Waals surface area contributed by atoms with E-state index < -0.39 is 10.0 Å². The molecule has 1 aromatic carbocycles. The van der Waals surface area contributed by atoms with Gasteiger partial charge in [0.15, 0.2) is 0 Å². The van der Waals surface area contributed by atoms with Crippen LogP contribution in [0.25, 0.3) is 0 Å². The highest BCUT2D eigenvalue weighted by molar-refractivity contribution is 7.92. The van der Waals surface area contributed by atoms with Gasteiger partial charge in [-0.2, -0.15) is 0 Å². The summed E-state index contributed by atoms with van der Waals surface area (Å²) >= 11 is 0. The van der Waals surface area contributed by atoms with E-state index in [2.05, 4.69) is 9.71 Å². The molecule has 0 aliphatic heterocycles. The standard InChI is InChI=1S/C14H16N2O3S/c1-3-19-13-4-6-14(7-5-13)20(17,18)16-12-8-9-15-11(2)10-12/h4-10H,3H2,1-2H3,(H,15,16). The number of pyridine rings is 1. The molecule has 0 saturated heterocycles. The Balaban J connectivity index is 2.21. The summed E-state index contributed by atoms with van der Waals surface area (Å²) in [5, 5.41) is 0. The van der Waals surface area contributed by atoms with Crippen LogP contribution in [0.2, 0.25) is 0 Å². The van der Waals surface area contributed by atoms with Crippen molar-refractivity contribution >= 4 is 15.7 Å². The maximum atomic E-state index is 12.2. The van der Waals surface area contributed by atoms with Crippen molar-refractivity contribution in [1.29, 1.82) is 0 Å². The minimum absolute atomic E-state index is 0.190. The Morgan fingerprint density at radius 2 is 1.90 bits per heavy atom. The SMILES string of the molecule is CCOc1ccc(S(=O)(=O)Nc2ccnc(C)c2)cc1. The molecule has 0 amide bonds. The number of aromatic nitrogens is 1. The van der Waals surface area contributed by atoms with Gasteiger partial charge < -0.3 is 4.74 Å². The molecule has 106 valence electrons. The first-order valence-corrected chi connectivity index (χ1v) is 7.68. The second kappa shape index (κ2) is 5.92. The van der Waals surface area contributed by atoms with Gasteiger partial charge in [0.2, 0.25) is 0 Å². The zero-order valence-electron chi connectivity index (χ0n) is 11.3. The van der Waals surface area contributed by atoms with Crippen LogP contribution in [-0.4, -0.2) is 20.0 Å². The topological polar surface area (TPSA) is 68.3 Å². The maximum Gasteiger partial charge on any atom is 0.261 e. The van der Waals surface area contributed by atoms with Crippen molar-refractivity contribution in [2.75, 3.05) is 11.3 Å². The van der Waals surface area contributed by atoms with Gasteiger partial charge in [0.1, 0.15) is 5.75 Å². The molecule has 0 aliphatic carbocycles. The number of nitrogens with zero attached hydrogens (tertiary/aromatic N) is 1. The third-order valence-electron chi connectivity index (χ3n) is 2.59.